The number of hydrogen-bond donors (Lipinski definition) is 3. The molecule has 17 heavy (non-hydrogen) atoms. The molecule has 2 rings (SSSR count). The Balaban J connectivity index is 2.13. The second-order valence-electron chi connectivity index (χ2n) is 4.67. The highest BCUT2D eigenvalue weighted by Crippen LogP contribution is 2.44. The number of aliphatic hydroxyl groups excluding tert-OH is 1. The normalized spacial score (nSPS) is 16.6. The van der Waals surface area contributed by atoms with Gasteiger partial charge < -0.3 is 15.5 Å². The van der Waals surface area contributed by atoms with Crippen LogP contribution in [0, 0.1) is 12.3 Å². The number of rotatable bonds is 5. The Morgan fingerprint density at radius 2 is 2.24 bits per heavy atom. The van der Waals surface area contributed by atoms with E-state index >= 15 is 0 Å². The zero-order chi connectivity index (χ0) is 12.5. The summed E-state index contributed by atoms with van der Waals surface area (Å²) >= 11 is 0. The third-order valence-corrected chi connectivity index (χ3v) is 3.19. The Kier molecular flexibility index (Phi) is 3.02. The van der Waals surface area contributed by atoms with Gasteiger partial charge >= 0.3 is 5.97 Å². The summed E-state index contributed by atoms with van der Waals surface area (Å²) in [6.45, 7) is 2.52. The van der Waals surface area contributed by atoms with Crippen molar-refractivity contribution in [3.8, 4) is 0 Å². The maximum atomic E-state index is 11.0. The average Bonchev–Trinajstić information content (AvgIpc) is 3.07. The molecule has 1 aromatic rings. The highest BCUT2D eigenvalue weighted by Gasteiger charge is 2.41. The molecular formula is C12H16N2O3. The lowest BCUT2D eigenvalue weighted by Gasteiger charge is -2.14. The number of aromatic carboxylic acids is 1. The van der Waals surface area contributed by atoms with Crippen molar-refractivity contribution in [2.45, 2.75) is 19.8 Å². The topological polar surface area (TPSA) is 82.5 Å². The molecule has 0 aliphatic heterocycles. The quantitative estimate of drug-likeness (QED) is 0.717. The molecule has 0 amide bonds. The molecule has 0 bridgehead atoms. The number of aromatic nitrogens is 1. The summed E-state index contributed by atoms with van der Waals surface area (Å²) in [5.74, 6) is -0.605. The van der Waals surface area contributed by atoms with Gasteiger partial charge in [-0.3, -0.25) is 0 Å². The minimum absolute atomic E-state index is 0.0683. The first-order chi connectivity index (χ1) is 8.06. The molecule has 1 aliphatic carbocycles. The van der Waals surface area contributed by atoms with Crippen molar-refractivity contribution in [2.24, 2.45) is 5.41 Å². The predicted octanol–water partition coefficient (Wildman–Crippen LogP) is 1.27. The molecule has 0 unspecified atom stereocenters. The van der Waals surface area contributed by atoms with E-state index in [0.29, 0.717) is 12.4 Å². The Bertz CT molecular complexity index is 441. The van der Waals surface area contributed by atoms with Crippen molar-refractivity contribution < 1.29 is 15.0 Å². The van der Waals surface area contributed by atoms with Gasteiger partial charge in [0.2, 0.25) is 0 Å². The number of carboxylic acid groups (broad SMARTS) is 1. The van der Waals surface area contributed by atoms with E-state index in [4.69, 9.17) is 5.11 Å². The SMILES string of the molecule is Cc1ccc(C(=O)O)c(NCC2(CO)CC2)n1. The third kappa shape index (κ3) is 2.55. The molecule has 1 heterocycles. The third-order valence-electron chi connectivity index (χ3n) is 3.19. The van der Waals surface area contributed by atoms with Gasteiger partial charge in [0.1, 0.15) is 11.4 Å². The highest BCUT2D eigenvalue weighted by atomic mass is 16.4. The fraction of sp³-hybridized carbons (Fsp3) is 0.500. The Morgan fingerprint density at radius 3 is 2.76 bits per heavy atom. The van der Waals surface area contributed by atoms with Crippen LogP contribution in [0.25, 0.3) is 0 Å². The number of carboxylic acids is 1. The molecule has 0 saturated heterocycles. The van der Waals surface area contributed by atoms with E-state index in [2.05, 4.69) is 10.3 Å². The molecule has 1 saturated carbocycles. The van der Waals surface area contributed by atoms with Gasteiger partial charge in [-0.25, -0.2) is 9.78 Å². The maximum absolute atomic E-state index is 11.0. The number of nitrogens with zero attached hydrogens (tertiary/aromatic N) is 1. The molecule has 1 fully saturated rings. The summed E-state index contributed by atoms with van der Waals surface area (Å²) in [7, 11) is 0. The van der Waals surface area contributed by atoms with Crippen molar-refractivity contribution in [3.63, 3.8) is 0 Å². The van der Waals surface area contributed by atoms with Crippen molar-refractivity contribution in [2.75, 3.05) is 18.5 Å². The number of carbonyl (C=O) groups is 1. The first kappa shape index (κ1) is 11.9. The van der Waals surface area contributed by atoms with Gasteiger partial charge in [-0.1, -0.05) is 0 Å². The highest BCUT2D eigenvalue weighted by molar-refractivity contribution is 5.93. The van der Waals surface area contributed by atoms with Crippen LogP contribution < -0.4 is 5.32 Å². The average molecular weight is 236 g/mol. The van der Waals surface area contributed by atoms with E-state index in [1.165, 1.54) is 0 Å². The summed E-state index contributed by atoms with van der Waals surface area (Å²) in [5.41, 5.74) is 0.872. The zero-order valence-electron chi connectivity index (χ0n) is 9.73. The smallest absolute Gasteiger partial charge is 0.339 e. The van der Waals surface area contributed by atoms with Gasteiger partial charge in [-0.15, -0.1) is 0 Å². The summed E-state index contributed by atoms with van der Waals surface area (Å²) in [6.07, 6.45) is 1.95. The minimum atomic E-state index is -0.992. The van der Waals surface area contributed by atoms with Crippen LogP contribution in [0.4, 0.5) is 5.82 Å². The van der Waals surface area contributed by atoms with E-state index in [1.807, 2.05) is 6.92 Å². The maximum Gasteiger partial charge on any atom is 0.339 e. The van der Waals surface area contributed by atoms with Gasteiger partial charge in [0.25, 0.3) is 0 Å². The zero-order valence-corrected chi connectivity index (χ0v) is 9.73. The summed E-state index contributed by atoms with van der Waals surface area (Å²) in [6, 6.07) is 3.22. The molecule has 92 valence electrons. The van der Waals surface area contributed by atoms with E-state index < -0.39 is 5.97 Å². The molecule has 0 spiro atoms. The lowest BCUT2D eigenvalue weighted by molar-refractivity contribution is 0.0697. The fourth-order valence-electron chi connectivity index (χ4n) is 1.70. The summed E-state index contributed by atoms with van der Waals surface area (Å²) < 4.78 is 0. The Hall–Kier alpha value is -1.62. The first-order valence-corrected chi connectivity index (χ1v) is 5.62. The Morgan fingerprint density at radius 1 is 1.53 bits per heavy atom. The lowest BCUT2D eigenvalue weighted by Crippen LogP contribution is -2.21. The van der Waals surface area contributed by atoms with Gasteiger partial charge in [0.05, 0.1) is 6.61 Å². The van der Waals surface area contributed by atoms with Crippen LogP contribution in [0.5, 0.6) is 0 Å². The second kappa shape index (κ2) is 4.33. The molecule has 5 nitrogen and oxygen atoms in total. The minimum Gasteiger partial charge on any atom is -0.478 e. The van der Waals surface area contributed by atoms with Crippen LogP contribution in [-0.2, 0) is 0 Å². The molecule has 0 aromatic carbocycles. The van der Waals surface area contributed by atoms with Crippen molar-refractivity contribution in [1.29, 1.82) is 0 Å². The van der Waals surface area contributed by atoms with Crippen LogP contribution in [0.3, 0.4) is 0 Å². The molecule has 5 heteroatoms. The number of hydrogen-bond acceptors (Lipinski definition) is 4. The molecule has 0 radical (unpaired) electrons. The van der Waals surface area contributed by atoms with Gasteiger partial charge in [-0.05, 0) is 31.9 Å². The van der Waals surface area contributed by atoms with Gasteiger partial charge in [0.15, 0.2) is 0 Å². The number of aliphatic hydroxyl groups is 1. The number of nitrogens with one attached hydrogen (secondary N) is 1. The summed E-state index contributed by atoms with van der Waals surface area (Å²) in [5, 5.41) is 21.3. The second-order valence-corrected chi connectivity index (χ2v) is 4.67. The van der Waals surface area contributed by atoms with E-state index in [-0.39, 0.29) is 17.6 Å². The lowest BCUT2D eigenvalue weighted by atomic mass is 10.1. The van der Waals surface area contributed by atoms with Crippen LogP contribution in [0.2, 0.25) is 0 Å². The van der Waals surface area contributed by atoms with E-state index in [0.717, 1.165) is 18.5 Å². The summed E-state index contributed by atoms with van der Waals surface area (Å²) in [4.78, 5) is 15.2. The molecule has 0 atom stereocenters. The van der Waals surface area contributed by atoms with Crippen LogP contribution in [-0.4, -0.2) is 34.3 Å². The monoisotopic (exact) mass is 236 g/mol. The fourth-order valence-corrected chi connectivity index (χ4v) is 1.70. The van der Waals surface area contributed by atoms with E-state index in [9.17, 15) is 9.90 Å². The first-order valence-electron chi connectivity index (χ1n) is 5.62. The molecular weight excluding hydrogens is 220 g/mol. The largest absolute Gasteiger partial charge is 0.478 e. The van der Waals surface area contributed by atoms with Crippen LogP contribution >= 0.6 is 0 Å². The number of anilines is 1. The van der Waals surface area contributed by atoms with Crippen molar-refractivity contribution in [3.05, 3.63) is 23.4 Å². The molecule has 1 aliphatic rings. The van der Waals surface area contributed by atoms with Crippen molar-refractivity contribution in [1.82, 2.24) is 4.98 Å². The predicted molar refractivity (Wildman–Crippen MR) is 63.2 cm³/mol. The van der Waals surface area contributed by atoms with Gasteiger partial charge in [0, 0.05) is 17.7 Å². The standard InChI is InChI=1S/C12H16N2O3/c1-8-2-3-9(11(16)17)10(14-8)13-6-12(7-15)4-5-12/h2-3,15H,4-7H2,1H3,(H,13,14)(H,16,17). The Labute approximate surface area is 99.5 Å². The van der Waals surface area contributed by atoms with Crippen LogP contribution in [0.1, 0.15) is 28.9 Å². The number of aryl methyl sites for hydroxylation is 1. The van der Waals surface area contributed by atoms with Crippen molar-refractivity contribution >= 4 is 11.8 Å². The number of pyridine rings is 1. The van der Waals surface area contributed by atoms with E-state index in [1.54, 1.807) is 12.1 Å². The van der Waals surface area contributed by atoms with Gasteiger partial charge in [-0.2, -0.15) is 0 Å². The van der Waals surface area contributed by atoms with Crippen LogP contribution in [0.15, 0.2) is 12.1 Å². The molecule has 1 aromatic heterocycles. The molecule has 3 N–H and O–H groups in total.